The molecular formula is C19H19Cl2NO. The highest BCUT2D eigenvalue weighted by molar-refractivity contribution is 6.43. The molecule has 0 spiro atoms. The number of pyridine rings is 1. The first-order chi connectivity index (χ1) is 10.7. The molecule has 0 radical (unpaired) electrons. The van der Waals surface area contributed by atoms with Gasteiger partial charge < -0.3 is 0 Å². The Morgan fingerprint density at radius 1 is 1.09 bits per heavy atom. The van der Waals surface area contributed by atoms with E-state index in [2.05, 4.69) is 13.8 Å². The average Bonchev–Trinajstić information content (AvgIpc) is 2.43. The van der Waals surface area contributed by atoms with E-state index in [1.807, 2.05) is 26.0 Å². The van der Waals surface area contributed by atoms with Crippen LogP contribution in [0.5, 0.6) is 0 Å². The van der Waals surface area contributed by atoms with E-state index in [0.717, 1.165) is 40.1 Å². The number of Topliss-reactive ketones (excluding diaryl/α,β-unsaturated/α-hetero) is 1. The van der Waals surface area contributed by atoms with Crippen molar-refractivity contribution in [3.63, 3.8) is 0 Å². The first kappa shape index (κ1) is 16.5. The molecule has 1 heterocycles. The predicted molar refractivity (Wildman–Crippen MR) is 95.6 cm³/mol. The fourth-order valence-corrected chi connectivity index (χ4v) is 3.75. The zero-order valence-electron chi connectivity index (χ0n) is 13.8. The smallest absolute Gasteiger partial charge is 0.165 e. The van der Waals surface area contributed by atoms with Gasteiger partial charge in [0, 0.05) is 28.8 Å². The first-order valence-electron chi connectivity index (χ1n) is 7.69. The van der Waals surface area contributed by atoms with Gasteiger partial charge in [0.1, 0.15) is 0 Å². The van der Waals surface area contributed by atoms with Crippen molar-refractivity contribution >= 4 is 29.0 Å². The number of aromatic nitrogens is 1. The molecule has 0 fully saturated rings. The summed E-state index contributed by atoms with van der Waals surface area (Å²) in [5.41, 5.74) is 5.15. The molecule has 3 rings (SSSR count). The molecule has 0 bridgehead atoms. The molecule has 0 amide bonds. The SMILES string of the molecule is Cc1nc2c(c(-c3cccc(Cl)c3Cl)c1C)C(=O)CC(C)(C)C2. The number of fused-ring (bicyclic) bond motifs is 1. The van der Waals surface area contributed by atoms with E-state index in [-0.39, 0.29) is 11.2 Å². The Hall–Kier alpha value is -1.38. The van der Waals surface area contributed by atoms with Crippen LogP contribution < -0.4 is 0 Å². The summed E-state index contributed by atoms with van der Waals surface area (Å²) in [6, 6.07) is 5.54. The third kappa shape index (κ3) is 2.79. The molecule has 2 nitrogen and oxygen atoms in total. The van der Waals surface area contributed by atoms with E-state index in [4.69, 9.17) is 28.2 Å². The Labute approximate surface area is 146 Å². The highest BCUT2D eigenvalue weighted by Gasteiger charge is 2.35. The van der Waals surface area contributed by atoms with Crippen LogP contribution >= 0.6 is 23.2 Å². The number of carbonyl (C=O) groups excluding carboxylic acids is 1. The van der Waals surface area contributed by atoms with Crippen molar-refractivity contribution < 1.29 is 4.79 Å². The maximum Gasteiger partial charge on any atom is 0.165 e. The number of aryl methyl sites for hydroxylation is 1. The number of rotatable bonds is 1. The van der Waals surface area contributed by atoms with E-state index in [0.29, 0.717) is 16.5 Å². The number of nitrogens with zero attached hydrogens (tertiary/aromatic N) is 1. The Bertz CT molecular complexity index is 825. The number of ketones is 1. The summed E-state index contributed by atoms with van der Waals surface area (Å²) in [6.07, 6.45) is 1.32. The lowest BCUT2D eigenvalue weighted by Crippen LogP contribution is -2.29. The van der Waals surface area contributed by atoms with Crippen molar-refractivity contribution in [1.82, 2.24) is 4.98 Å². The highest BCUT2D eigenvalue weighted by atomic mass is 35.5. The van der Waals surface area contributed by atoms with Crippen LogP contribution in [0.3, 0.4) is 0 Å². The van der Waals surface area contributed by atoms with Gasteiger partial charge in [-0.2, -0.15) is 0 Å². The van der Waals surface area contributed by atoms with E-state index in [1.165, 1.54) is 0 Å². The molecule has 0 N–H and O–H groups in total. The molecule has 0 unspecified atom stereocenters. The minimum atomic E-state index is -0.0613. The van der Waals surface area contributed by atoms with Crippen LogP contribution in [0.4, 0.5) is 0 Å². The van der Waals surface area contributed by atoms with Gasteiger partial charge >= 0.3 is 0 Å². The van der Waals surface area contributed by atoms with Crippen molar-refractivity contribution in [3.05, 3.63) is 50.8 Å². The van der Waals surface area contributed by atoms with Crippen LogP contribution in [0, 0.1) is 19.3 Å². The molecule has 0 atom stereocenters. The molecular weight excluding hydrogens is 329 g/mol. The van der Waals surface area contributed by atoms with Gasteiger partial charge in [-0.25, -0.2) is 0 Å². The van der Waals surface area contributed by atoms with Gasteiger partial charge in [-0.3, -0.25) is 9.78 Å². The molecule has 1 aromatic carbocycles. The zero-order valence-corrected chi connectivity index (χ0v) is 15.3. The van der Waals surface area contributed by atoms with Crippen LogP contribution in [0.1, 0.15) is 47.6 Å². The van der Waals surface area contributed by atoms with Crippen molar-refractivity contribution in [1.29, 1.82) is 0 Å². The van der Waals surface area contributed by atoms with E-state index < -0.39 is 0 Å². The fourth-order valence-electron chi connectivity index (χ4n) is 3.36. The fraction of sp³-hybridized carbons (Fsp3) is 0.368. The van der Waals surface area contributed by atoms with Crippen molar-refractivity contribution in [2.45, 2.75) is 40.5 Å². The Morgan fingerprint density at radius 3 is 2.48 bits per heavy atom. The number of hydrogen-bond donors (Lipinski definition) is 0. The van der Waals surface area contributed by atoms with Gasteiger partial charge in [0.2, 0.25) is 0 Å². The summed E-state index contributed by atoms with van der Waals surface area (Å²) in [5, 5.41) is 0.984. The largest absolute Gasteiger partial charge is 0.294 e. The van der Waals surface area contributed by atoms with Gasteiger partial charge in [-0.05, 0) is 37.3 Å². The van der Waals surface area contributed by atoms with Gasteiger partial charge in [0.15, 0.2) is 5.78 Å². The minimum absolute atomic E-state index is 0.0613. The summed E-state index contributed by atoms with van der Waals surface area (Å²) in [5.74, 6) is 0.137. The van der Waals surface area contributed by atoms with Gasteiger partial charge in [-0.1, -0.05) is 49.2 Å². The highest BCUT2D eigenvalue weighted by Crippen LogP contribution is 2.43. The van der Waals surface area contributed by atoms with Crippen molar-refractivity contribution in [2.24, 2.45) is 5.41 Å². The van der Waals surface area contributed by atoms with Crippen molar-refractivity contribution in [2.75, 3.05) is 0 Å². The van der Waals surface area contributed by atoms with Gasteiger partial charge in [-0.15, -0.1) is 0 Å². The zero-order chi connectivity index (χ0) is 16.9. The number of benzene rings is 1. The minimum Gasteiger partial charge on any atom is -0.294 e. The molecule has 0 saturated carbocycles. The van der Waals surface area contributed by atoms with E-state index in [1.54, 1.807) is 6.07 Å². The second-order valence-electron chi connectivity index (χ2n) is 7.06. The average molecular weight is 348 g/mol. The number of hydrogen-bond acceptors (Lipinski definition) is 2. The monoisotopic (exact) mass is 347 g/mol. The van der Waals surface area contributed by atoms with E-state index in [9.17, 15) is 4.79 Å². The lowest BCUT2D eigenvalue weighted by Gasteiger charge is -2.31. The molecule has 2 aromatic rings. The number of halogens is 2. The van der Waals surface area contributed by atoms with Crippen LogP contribution in [0.2, 0.25) is 10.0 Å². The maximum atomic E-state index is 12.8. The molecule has 4 heteroatoms. The summed E-state index contributed by atoms with van der Waals surface area (Å²) < 4.78 is 0. The van der Waals surface area contributed by atoms with Crippen LogP contribution in [-0.2, 0) is 6.42 Å². The maximum absolute atomic E-state index is 12.8. The predicted octanol–water partition coefficient (Wildman–Crippen LogP) is 5.83. The molecule has 0 saturated heterocycles. The quantitative estimate of drug-likeness (QED) is 0.649. The van der Waals surface area contributed by atoms with Crippen LogP contribution in [-0.4, -0.2) is 10.8 Å². The number of carbonyl (C=O) groups is 1. The summed E-state index contributed by atoms with van der Waals surface area (Å²) in [6.45, 7) is 8.18. The molecule has 1 aliphatic rings. The van der Waals surface area contributed by atoms with Crippen LogP contribution in [0.15, 0.2) is 18.2 Å². The third-order valence-corrected chi connectivity index (χ3v) is 5.36. The van der Waals surface area contributed by atoms with Gasteiger partial charge in [0.05, 0.1) is 15.7 Å². The lowest BCUT2D eigenvalue weighted by molar-refractivity contribution is 0.0911. The lowest BCUT2D eigenvalue weighted by atomic mass is 9.73. The first-order valence-corrected chi connectivity index (χ1v) is 8.44. The molecule has 1 aliphatic carbocycles. The molecule has 1 aromatic heterocycles. The molecule has 23 heavy (non-hydrogen) atoms. The Kier molecular flexibility index (Phi) is 4.02. The summed E-state index contributed by atoms with van der Waals surface area (Å²) in [7, 11) is 0. The van der Waals surface area contributed by atoms with Crippen LogP contribution in [0.25, 0.3) is 11.1 Å². The van der Waals surface area contributed by atoms with Crippen molar-refractivity contribution in [3.8, 4) is 11.1 Å². The van der Waals surface area contributed by atoms with E-state index >= 15 is 0 Å². The second-order valence-corrected chi connectivity index (χ2v) is 7.85. The Morgan fingerprint density at radius 2 is 1.78 bits per heavy atom. The molecule has 120 valence electrons. The summed E-state index contributed by atoms with van der Waals surface area (Å²) >= 11 is 12.6. The standard InChI is InChI=1S/C19H19Cl2NO/c1-10-11(2)22-14-8-19(3,4)9-15(23)17(14)16(10)12-6-5-7-13(20)18(12)21/h5-7H,8-9H2,1-4H3. The third-order valence-electron chi connectivity index (χ3n) is 4.54. The normalized spacial score (nSPS) is 16.3. The Balaban J connectivity index is 2.36. The molecule has 0 aliphatic heterocycles. The summed E-state index contributed by atoms with van der Waals surface area (Å²) in [4.78, 5) is 17.5. The van der Waals surface area contributed by atoms with Gasteiger partial charge in [0.25, 0.3) is 0 Å². The second kappa shape index (κ2) is 5.61. The topological polar surface area (TPSA) is 30.0 Å².